The van der Waals surface area contributed by atoms with Crippen LogP contribution in [-0.4, -0.2) is 52.3 Å². The Morgan fingerprint density at radius 2 is 1.79 bits per heavy atom. The van der Waals surface area contributed by atoms with Crippen molar-refractivity contribution in [2.75, 3.05) is 41.7 Å². The summed E-state index contributed by atoms with van der Waals surface area (Å²) in [5.41, 5.74) is 2.80. The van der Waals surface area contributed by atoms with Gasteiger partial charge in [0.1, 0.15) is 0 Å². The van der Waals surface area contributed by atoms with E-state index in [1.807, 2.05) is 60.4 Å². The van der Waals surface area contributed by atoms with Crippen molar-refractivity contribution in [2.24, 2.45) is 0 Å². The number of nitrogens with zero attached hydrogens (tertiary/aromatic N) is 5. The van der Waals surface area contributed by atoms with Crippen LogP contribution in [0.1, 0.15) is 5.56 Å². The third-order valence-corrected chi connectivity index (χ3v) is 4.74. The first kappa shape index (κ1) is 18.7. The van der Waals surface area contributed by atoms with E-state index < -0.39 is 0 Å². The van der Waals surface area contributed by atoms with Gasteiger partial charge in [-0.2, -0.15) is 0 Å². The van der Waals surface area contributed by atoms with E-state index in [1.54, 1.807) is 12.4 Å². The molecule has 3 heterocycles. The minimum absolute atomic E-state index is 0.0719. The Morgan fingerprint density at radius 1 is 0.966 bits per heavy atom. The molecule has 0 radical (unpaired) electrons. The number of nitrogens with one attached hydrogen (secondary N) is 2. The van der Waals surface area contributed by atoms with Crippen LogP contribution in [-0.2, 0) is 0 Å². The predicted octanol–water partition coefficient (Wildman–Crippen LogP) is 3.28. The summed E-state index contributed by atoms with van der Waals surface area (Å²) in [4.78, 5) is 20.5. The highest BCUT2D eigenvalue weighted by Crippen LogP contribution is 2.17. The molecule has 8 heteroatoms. The van der Waals surface area contributed by atoms with E-state index in [-0.39, 0.29) is 6.03 Å². The Hall–Kier alpha value is -3.68. The van der Waals surface area contributed by atoms with Crippen LogP contribution < -0.4 is 15.5 Å². The van der Waals surface area contributed by atoms with Crippen molar-refractivity contribution in [3.63, 3.8) is 0 Å². The maximum Gasteiger partial charge on any atom is 0.321 e. The fourth-order valence-electron chi connectivity index (χ4n) is 3.21. The first-order chi connectivity index (χ1) is 14.2. The van der Waals surface area contributed by atoms with Gasteiger partial charge in [-0.05, 0) is 48.9 Å². The molecule has 3 aromatic rings. The van der Waals surface area contributed by atoms with Crippen molar-refractivity contribution < 1.29 is 4.79 Å². The molecule has 29 heavy (non-hydrogen) atoms. The molecule has 0 unspecified atom stereocenters. The summed E-state index contributed by atoms with van der Waals surface area (Å²) in [7, 11) is 0. The third-order valence-electron chi connectivity index (χ3n) is 4.74. The number of hydrogen-bond donors (Lipinski definition) is 2. The zero-order valence-corrected chi connectivity index (χ0v) is 16.2. The Morgan fingerprint density at radius 3 is 2.48 bits per heavy atom. The van der Waals surface area contributed by atoms with Gasteiger partial charge in [-0.25, -0.2) is 4.79 Å². The number of carbonyl (C=O) groups excluding carboxylic acids is 1. The number of pyridine rings is 1. The van der Waals surface area contributed by atoms with Crippen LogP contribution in [0.4, 0.5) is 27.8 Å². The number of aromatic nitrogens is 3. The van der Waals surface area contributed by atoms with Crippen LogP contribution in [0.2, 0.25) is 0 Å². The average Bonchev–Trinajstić information content (AvgIpc) is 2.75. The van der Waals surface area contributed by atoms with Crippen LogP contribution in [0.5, 0.6) is 0 Å². The van der Waals surface area contributed by atoms with Crippen molar-refractivity contribution in [2.45, 2.75) is 6.92 Å². The zero-order chi connectivity index (χ0) is 20.1. The monoisotopic (exact) mass is 389 g/mol. The number of piperazine rings is 1. The molecule has 8 nitrogen and oxygen atoms in total. The number of anilines is 4. The molecule has 1 aliphatic rings. The second kappa shape index (κ2) is 8.55. The first-order valence-electron chi connectivity index (χ1n) is 9.56. The van der Waals surface area contributed by atoms with Crippen molar-refractivity contribution in [3.8, 4) is 0 Å². The molecular formula is C21H23N7O. The SMILES string of the molecule is Cc1cccc(NC(=O)N2CCN(c3ccc(Nc4cccnc4)nn3)CC2)c1. The van der Waals surface area contributed by atoms with Gasteiger partial charge in [0.2, 0.25) is 0 Å². The van der Waals surface area contributed by atoms with Gasteiger partial charge >= 0.3 is 6.03 Å². The summed E-state index contributed by atoms with van der Waals surface area (Å²) in [6.07, 6.45) is 3.46. The Labute approximate surface area is 169 Å². The molecule has 2 aromatic heterocycles. The minimum Gasteiger partial charge on any atom is -0.352 e. The molecule has 4 rings (SSSR count). The highest BCUT2D eigenvalue weighted by molar-refractivity contribution is 5.89. The lowest BCUT2D eigenvalue weighted by molar-refractivity contribution is 0.208. The number of urea groups is 1. The molecule has 1 fully saturated rings. The number of hydrogen-bond acceptors (Lipinski definition) is 6. The van der Waals surface area contributed by atoms with Gasteiger partial charge < -0.3 is 20.4 Å². The molecule has 0 aliphatic carbocycles. The van der Waals surface area contributed by atoms with Gasteiger partial charge in [0.15, 0.2) is 11.6 Å². The minimum atomic E-state index is -0.0719. The molecule has 1 aromatic carbocycles. The quantitative estimate of drug-likeness (QED) is 0.712. The molecule has 0 bridgehead atoms. The Kier molecular flexibility index (Phi) is 5.51. The molecule has 2 amide bonds. The highest BCUT2D eigenvalue weighted by Gasteiger charge is 2.22. The van der Waals surface area contributed by atoms with E-state index in [9.17, 15) is 4.79 Å². The number of aryl methyl sites for hydroxylation is 1. The second-order valence-corrected chi connectivity index (χ2v) is 6.92. The van der Waals surface area contributed by atoms with Gasteiger partial charge in [0.05, 0.1) is 11.9 Å². The topological polar surface area (TPSA) is 86.3 Å². The van der Waals surface area contributed by atoms with Crippen LogP contribution in [0.25, 0.3) is 0 Å². The van der Waals surface area contributed by atoms with Crippen LogP contribution >= 0.6 is 0 Å². The molecule has 0 atom stereocenters. The van der Waals surface area contributed by atoms with Crippen LogP contribution in [0.15, 0.2) is 60.9 Å². The van der Waals surface area contributed by atoms with E-state index in [0.717, 1.165) is 22.8 Å². The fourth-order valence-corrected chi connectivity index (χ4v) is 3.21. The number of rotatable bonds is 4. The first-order valence-corrected chi connectivity index (χ1v) is 9.56. The van der Waals surface area contributed by atoms with E-state index in [1.165, 1.54) is 0 Å². The molecule has 0 saturated carbocycles. The average molecular weight is 389 g/mol. The summed E-state index contributed by atoms with van der Waals surface area (Å²) >= 11 is 0. The Balaban J connectivity index is 1.30. The molecule has 148 valence electrons. The number of benzene rings is 1. The van der Waals surface area contributed by atoms with Crippen molar-refractivity contribution in [3.05, 3.63) is 66.5 Å². The normalized spacial score (nSPS) is 13.8. The summed E-state index contributed by atoms with van der Waals surface area (Å²) in [5.74, 6) is 1.47. The zero-order valence-electron chi connectivity index (χ0n) is 16.2. The van der Waals surface area contributed by atoms with Crippen molar-refractivity contribution in [1.82, 2.24) is 20.1 Å². The lowest BCUT2D eigenvalue weighted by Gasteiger charge is -2.35. The summed E-state index contributed by atoms with van der Waals surface area (Å²) < 4.78 is 0. The van der Waals surface area contributed by atoms with Gasteiger partial charge in [0, 0.05) is 38.1 Å². The Bertz CT molecular complexity index is 954. The summed E-state index contributed by atoms with van der Waals surface area (Å²) in [5, 5.41) is 14.7. The number of amides is 2. The van der Waals surface area contributed by atoms with Gasteiger partial charge in [0.25, 0.3) is 0 Å². The standard InChI is InChI=1S/C21H23N7O/c1-16-4-2-5-17(14-16)24-21(29)28-12-10-27(11-13-28)20-8-7-19(25-26-20)23-18-6-3-9-22-15-18/h2-9,14-15H,10-13H2,1H3,(H,23,25)(H,24,29). The highest BCUT2D eigenvalue weighted by atomic mass is 16.2. The largest absolute Gasteiger partial charge is 0.352 e. The molecule has 0 spiro atoms. The van der Waals surface area contributed by atoms with Gasteiger partial charge in [-0.3, -0.25) is 4.98 Å². The van der Waals surface area contributed by atoms with Crippen LogP contribution in [0, 0.1) is 6.92 Å². The molecule has 1 aliphatic heterocycles. The van der Waals surface area contributed by atoms with Gasteiger partial charge in [-0.1, -0.05) is 12.1 Å². The van der Waals surface area contributed by atoms with Gasteiger partial charge in [-0.15, -0.1) is 10.2 Å². The lowest BCUT2D eigenvalue weighted by Crippen LogP contribution is -2.50. The molecule has 1 saturated heterocycles. The molecular weight excluding hydrogens is 366 g/mol. The predicted molar refractivity (Wildman–Crippen MR) is 114 cm³/mol. The van der Waals surface area contributed by atoms with Crippen LogP contribution in [0.3, 0.4) is 0 Å². The maximum absolute atomic E-state index is 12.5. The second-order valence-electron chi connectivity index (χ2n) is 6.92. The van der Waals surface area contributed by atoms with E-state index in [0.29, 0.717) is 32.0 Å². The van der Waals surface area contributed by atoms with E-state index in [2.05, 4.69) is 30.7 Å². The van der Waals surface area contributed by atoms with E-state index in [4.69, 9.17) is 0 Å². The smallest absolute Gasteiger partial charge is 0.321 e. The summed E-state index contributed by atoms with van der Waals surface area (Å²) in [6, 6.07) is 15.4. The fraction of sp³-hybridized carbons (Fsp3) is 0.238. The summed E-state index contributed by atoms with van der Waals surface area (Å²) in [6.45, 7) is 4.70. The van der Waals surface area contributed by atoms with Crippen molar-refractivity contribution >= 4 is 29.0 Å². The maximum atomic E-state index is 12.5. The lowest BCUT2D eigenvalue weighted by atomic mass is 10.2. The van der Waals surface area contributed by atoms with Crippen molar-refractivity contribution in [1.29, 1.82) is 0 Å². The number of carbonyl (C=O) groups is 1. The van der Waals surface area contributed by atoms with E-state index >= 15 is 0 Å². The molecule has 2 N–H and O–H groups in total. The third kappa shape index (κ3) is 4.78.